The van der Waals surface area contributed by atoms with Gasteiger partial charge in [-0.3, -0.25) is 4.79 Å². The lowest BCUT2D eigenvalue weighted by atomic mass is 9.69. The summed E-state index contributed by atoms with van der Waals surface area (Å²) in [7, 11) is 0. The number of hydrogen-bond donors (Lipinski definition) is 0. The molecule has 0 spiro atoms. The Kier molecular flexibility index (Phi) is 3.58. The van der Waals surface area contributed by atoms with Crippen molar-refractivity contribution in [1.29, 1.82) is 0 Å². The zero-order valence-electron chi connectivity index (χ0n) is 11.5. The highest BCUT2D eigenvalue weighted by atomic mass is 16.5. The molecule has 0 bridgehead atoms. The van der Waals surface area contributed by atoms with Gasteiger partial charge in [-0.25, -0.2) is 0 Å². The largest absolute Gasteiger partial charge is 0.363 e. The number of carbonyl (C=O) groups is 1. The van der Waals surface area contributed by atoms with E-state index >= 15 is 0 Å². The van der Waals surface area contributed by atoms with Gasteiger partial charge in [-0.05, 0) is 31.7 Å². The minimum absolute atomic E-state index is 0.246. The summed E-state index contributed by atoms with van der Waals surface area (Å²) in [6.07, 6.45) is 2.86. The monoisotopic (exact) mass is 246 g/mol. The van der Waals surface area contributed by atoms with Crippen molar-refractivity contribution >= 4 is 5.78 Å². The molecule has 2 heteroatoms. The first-order valence-electron chi connectivity index (χ1n) is 6.67. The third-order valence-corrected chi connectivity index (χ3v) is 3.95. The second kappa shape index (κ2) is 4.85. The molecule has 1 aromatic rings. The Hall–Kier alpha value is -1.15. The van der Waals surface area contributed by atoms with Gasteiger partial charge in [-0.1, -0.05) is 44.2 Å². The van der Waals surface area contributed by atoms with Crippen LogP contribution in [0.2, 0.25) is 0 Å². The Labute approximate surface area is 109 Å². The van der Waals surface area contributed by atoms with Gasteiger partial charge < -0.3 is 4.74 Å². The number of Topliss-reactive ketones (excluding diaryl/α,β-unsaturated/α-hetero) is 1. The van der Waals surface area contributed by atoms with Crippen molar-refractivity contribution in [3.8, 4) is 0 Å². The zero-order valence-corrected chi connectivity index (χ0v) is 11.5. The zero-order chi connectivity index (χ0) is 13.2. The minimum atomic E-state index is -0.614. The number of hydrogen-bond acceptors (Lipinski definition) is 2. The normalized spacial score (nSPS) is 27.2. The summed E-state index contributed by atoms with van der Waals surface area (Å²) in [6, 6.07) is 10.0. The number of carbonyl (C=O) groups excluding carboxylic acids is 1. The second-order valence-corrected chi connectivity index (χ2v) is 6.07. The Morgan fingerprint density at radius 1 is 1.11 bits per heavy atom. The van der Waals surface area contributed by atoms with Gasteiger partial charge >= 0.3 is 0 Å². The molecule has 0 amide bonds. The molecular weight excluding hydrogens is 224 g/mol. The highest BCUT2D eigenvalue weighted by molar-refractivity contribution is 5.92. The molecule has 1 fully saturated rings. The van der Waals surface area contributed by atoms with Crippen molar-refractivity contribution in [2.75, 3.05) is 0 Å². The van der Waals surface area contributed by atoms with Gasteiger partial charge in [0, 0.05) is 5.41 Å². The molecule has 1 aliphatic rings. The van der Waals surface area contributed by atoms with Crippen LogP contribution in [0.3, 0.4) is 0 Å². The van der Waals surface area contributed by atoms with Crippen LogP contribution in [0.4, 0.5) is 0 Å². The fraction of sp³-hybridized carbons (Fsp3) is 0.562. The van der Waals surface area contributed by atoms with Crippen LogP contribution < -0.4 is 0 Å². The summed E-state index contributed by atoms with van der Waals surface area (Å²) in [5.41, 5.74) is 0.260. The van der Waals surface area contributed by atoms with E-state index in [9.17, 15) is 4.79 Å². The first-order valence-corrected chi connectivity index (χ1v) is 6.67. The van der Waals surface area contributed by atoms with Crippen molar-refractivity contribution in [3.63, 3.8) is 0 Å². The molecule has 0 radical (unpaired) electrons. The maximum atomic E-state index is 12.5. The summed E-state index contributed by atoms with van der Waals surface area (Å²) in [6.45, 7) is 6.51. The number of rotatable bonds is 3. The van der Waals surface area contributed by atoms with Crippen LogP contribution in [-0.2, 0) is 16.1 Å². The molecule has 98 valence electrons. The van der Waals surface area contributed by atoms with Crippen LogP contribution in [0.5, 0.6) is 0 Å². The quantitative estimate of drug-likeness (QED) is 0.812. The van der Waals surface area contributed by atoms with Crippen LogP contribution >= 0.6 is 0 Å². The maximum absolute atomic E-state index is 12.5. The van der Waals surface area contributed by atoms with Gasteiger partial charge in [-0.2, -0.15) is 0 Å². The molecule has 1 aromatic carbocycles. The molecule has 0 N–H and O–H groups in total. The molecular formula is C16H22O2. The van der Waals surface area contributed by atoms with Crippen molar-refractivity contribution < 1.29 is 9.53 Å². The third-order valence-electron chi connectivity index (χ3n) is 3.95. The van der Waals surface area contributed by atoms with E-state index in [4.69, 9.17) is 4.74 Å². The molecule has 2 rings (SSSR count). The lowest BCUT2D eigenvalue weighted by Crippen LogP contribution is -2.49. The summed E-state index contributed by atoms with van der Waals surface area (Å²) >= 11 is 0. The first-order chi connectivity index (χ1) is 8.44. The van der Waals surface area contributed by atoms with E-state index < -0.39 is 5.60 Å². The number of benzene rings is 1. The van der Waals surface area contributed by atoms with Crippen molar-refractivity contribution in [3.05, 3.63) is 35.9 Å². The van der Waals surface area contributed by atoms with Gasteiger partial charge in [0.05, 0.1) is 6.61 Å². The van der Waals surface area contributed by atoms with E-state index in [1.807, 2.05) is 51.1 Å². The molecule has 0 aromatic heterocycles. The first kappa shape index (κ1) is 13.3. The van der Waals surface area contributed by atoms with Gasteiger partial charge in [-0.15, -0.1) is 0 Å². The van der Waals surface area contributed by atoms with Crippen LogP contribution in [0.25, 0.3) is 0 Å². The van der Waals surface area contributed by atoms with E-state index in [0.29, 0.717) is 6.61 Å². The van der Waals surface area contributed by atoms with Gasteiger partial charge in [0.15, 0.2) is 5.78 Å². The molecule has 1 saturated carbocycles. The summed E-state index contributed by atoms with van der Waals surface area (Å²) < 4.78 is 5.95. The van der Waals surface area contributed by atoms with E-state index in [1.165, 1.54) is 0 Å². The second-order valence-electron chi connectivity index (χ2n) is 6.07. The van der Waals surface area contributed by atoms with Crippen LogP contribution in [0.1, 0.15) is 45.6 Å². The molecule has 0 heterocycles. The minimum Gasteiger partial charge on any atom is -0.363 e. The molecule has 1 aliphatic carbocycles. The molecule has 0 aliphatic heterocycles. The lowest BCUT2D eigenvalue weighted by molar-refractivity contribution is -0.160. The predicted octanol–water partition coefficient (Wildman–Crippen LogP) is 3.74. The third kappa shape index (κ3) is 2.64. The summed E-state index contributed by atoms with van der Waals surface area (Å²) in [4.78, 5) is 12.5. The smallest absolute Gasteiger partial charge is 0.169 e. The molecule has 2 nitrogen and oxygen atoms in total. The number of ether oxygens (including phenoxy) is 1. The standard InChI is InChI=1S/C16H22O2/c1-15(2)10-7-11-16(3,14(15)17)18-12-13-8-5-4-6-9-13/h4-6,8-9H,7,10-12H2,1-3H3. The fourth-order valence-corrected chi connectivity index (χ4v) is 2.77. The Bertz CT molecular complexity index is 422. The average Bonchev–Trinajstić information content (AvgIpc) is 2.35. The molecule has 1 unspecified atom stereocenters. The fourth-order valence-electron chi connectivity index (χ4n) is 2.77. The lowest BCUT2D eigenvalue weighted by Gasteiger charge is -2.40. The van der Waals surface area contributed by atoms with Crippen LogP contribution in [0.15, 0.2) is 30.3 Å². The predicted molar refractivity (Wildman–Crippen MR) is 72.3 cm³/mol. The highest BCUT2D eigenvalue weighted by Gasteiger charge is 2.46. The van der Waals surface area contributed by atoms with Crippen molar-refractivity contribution in [2.45, 2.75) is 52.2 Å². The Balaban J connectivity index is 2.05. The maximum Gasteiger partial charge on any atom is 0.169 e. The topological polar surface area (TPSA) is 26.3 Å². The van der Waals surface area contributed by atoms with E-state index in [-0.39, 0.29) is 11.2 Å². The summed E-state index contributed by atoms with van der Waals surface area (Å²) in [5.74, 6) is 0.247. The molecule has 0 saturated heterocycles. The SMILES string of the molecule is CC1(C)CCCC(C)(OCc2ccccc2)C1=O. The van der Waals surface area contributed by atoms with E-state index in [0.717, 1.165) is 24.8 Å². The Morgan fingerprint density at radius 2 is 1.78 bits per heavy atom. The van der Waals surface area contributed by atoms with Gasteiger partial charge in [0.1, 0.15) is 5.60 Å². The van der Waals surface area contributed by atoms with Crippen molar-refractivity contribution in [2.24, 2.45) is 5.41 Å². The molecule has 18 heavy (non-hydrogen) atoms. The molecule has 1 atom stereocenters. The van der Waals surface area contributed by atoms with Gasteiger partial charge in [0.2, 0.25) is 0 Å². The number of ketones is 1. The van der Waals surface area contributed by atoms with Crippen molar-refractivity contribution in [1.82, 2.24) is 0 Å². The highest BCUT2D eigenvalue weighted by Crippen LogP contribution is 2.39. The Morgan fingerprint density at radius 3 is 2.44 bits per heavy atom. The summed E-state index contributed by atoms with van der Waals surface area (Å²) in [5, 5.41) is 0. The van der Waals surface area contributed by atoms with Crippen LogP contribution in [0, 0.1) is 5.41 Å². The van der Waals surface area contributed by atoms with E-state index in [2.05, 4.69) is 0 Å². The average molecular weight is 246 g/mol. The van der Waals surface area contributed by atoms with E-state index in [1.54, 1.807) is 0 Å². The van der Waals surface area contributed by atoms with Crippen LogP contribution in [-0.4, -0.2) is 11.4 Å². The van der Waals surface area contributed by atoms with Gasteiger partial charge in [0.25, 0.3) is 0 Å².